The van der Waals surface area contributed by atoms with E-state index < -0.39 is 0 Å². The number of carbonyl (C=O) groups is 1. The van der Waals surface area contributed by atoms with Crippen LogP contribution in [0.15, 0.2) is 18.2 Å². The van der Waals surface area contributed by atoms with Gasteiger partial charge < -0.3 is 16.0 Å². The van der Waals surface area contributed by atoms with Crippen molar-refractivity contribution in [1.82, 2.24) is 0 Å². The van der Waals surface area contributed by atoms with Crippen molar-refractivity contribution in [1.29, 1.82) is 0 Å². The number of hydrogen-bond donors (Lipinski definition) is 2. The van der Waals surface area contributed by atoms with Crippen LogP contribution in [0.3, 0.4) is 0 Å². The molecule has 2 rings (SSSR count). The number of benzene rings is 1. The summed E-state index contributed by atoms with van der Waals surface area (Å²) in [5, 5.41) is 3.54. The van der Waals surface area contributed by atoms with Crippen LogP contribution in [0.25, 0.3) is 0 Å². The summed E-state index contributed by atoms with van der Waals surface area (Å²) in [6, 6.07) is 5.56. The van der Waals surface area contributed by atoms with E-state index in [1.807, 2.05) is 31.1 Å². The molecule has 0 saturated heterocycles. The summed E-state index contributed by atoms with van der Waals surface area (Å²) >= 11 is 6.19. The van der Waals surface area contributed by atoms with E-state index in [4.69, 9.17) is 17.3 Å². The molecular weight excluding hydrogens is 274 g/mol. The predicted molar refractivity (Wildman–Crippen MR) is 84.4 cm³/mol. The number of anilines is 2. The lowest BCUT2D eigenvalue weighted by Gasteiger charge is -2.40. The van der Waals surface area contributed by atoms with Gasteiger partial charge in [0.05, 0.1) is 10.7 Å². The largest absolute Gasteiger partial charge is 0.376 e. The molecule has 1 aliphatic rings. The minimum Gasteiger partial charge on any atom is -0.376 e. The van der Waals surface area contributed by atoms with Crippen LogP contribution in [0.2, 0.25) is 5.02 Å². The number of hydrogen-bond acceptors (Lipinski definition) is 3. The molecule has 0 radical (unpaired) electrons. The van der Waals surface area contributed by atoms with Crippen molar-refractivity contribution in [3.63, 3.8) is 0 Å². The molecule has 1 aliphatic carbocycles. The van der Waals surface area contributed by atoms with Gasteiger partial charge in [-0.05, 0) is 43.0 Å². The Morgan fingerprint density at radius 3 is 2.60 bits per heavy atom. The van der Waals surface area contributed by atoms with E-state index in [0.717, 1.165) is 24.2 Å². The monoisotopic (exact) mass is 295 g/mol. The van der Waals surface area contributed by atoms with Crippen molar-refractivity contribution in [2.24, 2.45) is 11.1 Å². The van der Waals surface area contributed by atoms with Crippen molar-refractivity contribution in [2.45, 2.75) is 25.7 Å². The Morgan fingerprint density at radius 2 is 2.15 bits per heavy atom. The third-order valence-corrected chi connectivity index (χ3v) is 4.40. The normalized spacial score (nSPS) is 16.4. The van der Waals surface area contributed by atoms with Gasteiger partial charge in [-0.3, -0.25) is 4.79 Å². The van der Waals surface area contributed by atoms with Gasteiger partial charge in [-0.1, -0.05) is 18.0 Å². The highest BCUT2D eigenvalue weighted by atomic mass is 35.5. The molecule has 1 fully saturated rings. The lowest BCUT2D eigenvalue weighted by Crippen LogP contribution is -2.40. The Labute approximate surface area is 125 Å². The van der Waals surface area contributed by atoms with Crippen molar-refractivity contribution in [3.05, 3.63) is 23.2 Å². The van der Waals surface area contributed by atoms with Crippen LogP contribution in [0.5, 0.6) is 0 Å². The maximum Gasteiger partial charge on any atom is 0.224 e. The van der Waals surface area contributed by atoms with Crippen molar-refractivity contribution < 1.29 is 4.79 Å². The molecule has 5 heteroatoms. The summed E-state index contributed by atoms with van der Waals surface area (Å²) in [6.45, 7) is 0.584. The third-order valence-electron chi connectivity index (χ3n) is 4.10. The molecule has 1 aromatic carbocycles. The van der Waals surface area contributed by atoms with Crippen molar-refractivity contribution in [2.75, 3.05) is 30.9 Å². The molecule has 0 aliphatic heterocycles. The number of nitrogens with two attached hydrogens (primary N) is 1. The van der Waals surface area contributed by atoms with Crippen molar-refractivity contribution in [3.8, 4) is 0 Å². The molecule has 0 aromatic heterocycles. The lowest BCUT2D eigenvalue weighted by molar-refractivity contribution is -0.119. The first-order valence-electron chi connectivity index (χ1n) is 6.93. The van der Waals surface area contributed by atoms with Gasteiger partial charge in [0, 0.05) is 26.2 Å². The van der Waals surface area contributed by atoms with Gasteiger partial charge in [0.15, 0.2) is 0 Å². The molecule has 3 N–H and O–H groups in total. The fourth-order valence-corrected chi connectivity index (χ4v) is 2.97. The summed E-state index contributed by atoms with van der Waals surface area (Å²) in [6.07, 6.45) is 3.78. The summed E-state index contributed by atoms with van der Waals surface area (Å²) in [4.78, 5) is 14.0. The summed E-state index contributed by atoms with van der Waals surface area (Å²) in [5.74, 6) is 0.0174. The second-order valence-electron chi connectivity index (χ2n) is 5.84. The highest BCUT2D eigenvalue weighted by Gasteiger charge is 2.37. The molecule has 20 heavy (non-hydrogen) atoms. The number of nitrogens with one attached hydrogen (secondary N) is 1. The zero-order valence-corrected chi connectivity index (χ0v) is 12.8. The summed E-state index contributed by atoms with van der Waals surface area (Å²) < 4.78 is 0. The standard InChI is InChI=1S/C15H22ClN3O/c1-19(2)13-5-4-11(8-12(13)16)18-14(20)9-15(10-17)6-3-7-15/h4-5,8H,3,6-7,9-10,17H2,1-2H3,(H,18,20). The lowest BCUT2D eigenvalue weighted by atomic mass is 9.66. The Bertz CT molecular complexity index is 492. The van der Waals surface area contributed by atoms with Gasteiger partial charge in [0.1, 0.15) is 0 Å². The topological polar surface area (TPSA) is 58.4 Å². The maximum absolute atomic E-state index is 12.1. The first-order valence-corrected chi connectivity index (χ1v) is 7.30. The fraction of sp³-hybridized carbons (Fsp3) is 0.533. The van der Waals surface area contributed by atoms with Gasteiger partial charge in [0.25, 0.3) is 0 Å². The number of carbonyl (C=O) groups excluding carboxylic acids is 1. The van der Waals surface area contributed by atoms with E-state index in [0.29, 0.717) is 18.0 Å². The van der Waals surface area contributed by atoms with E-state index in [1.54, 1.807) is 6.07 Å². The molecule has 1 amide bonds. The minimum atomic E-state index is 0.0174. The molecule has 0 bridgehead atoms. The van der Waals surface area contributed by atoms with Crippen LogP contribution in [0.1, 0.15) is 25.7 Å². The number of amides is 1. The van der Waals surface area contributed by atoms with Crippen LogP contribution >= 0.6 is 11.6 Å². The summed E-state index contributed by atoms with van der Waals surface area (Å²) in [5.41, 5.74) is 7.47. The quantitative estimate of drug-likeness (QED) is 0.878. The zero-order chi connectivity index (χ0) is 14.8. The van der Waals surface area contributed by atoms with Crippen LogP contribution < -0.4 is 16.0 Å². The molecule has 0 spiro atoms. The van der Waals surface area contributed by atoms with E-state index >= 15 is 0 Å². The molecule has 4 nitrogen and oxygen atoms in total. The van der Waals surface area contributed by atoms with Crippen LogP contribution in [0.4, 0.5) is 11.4 Å². The summed E-state index contributed by atoms with van der Waals surface area (Å²) in [7, 11) is 3.86. The minimum absolute atomic E-state index is 0.0174. The van der Waals surface area contributed by atoms with Crippen LogP contribution in [-0.4, -0.2) is 26.5 Å². The van der Waals surface area contributed by atoms with E-state index in [2.05, 4.69) is 5.32 Å². The Balaban J connectivity index is 1.99. The SMILES string of the molecule is CN(C)c1ccc(NC(=O)CC2(CN)CCC2)cc1Cl. The number of halogens is 1. The zero-order valence-electron chi connectivity index (χ0n) is 12.1. The van der Waals surface area contributed by atoms with Crippen molar-refractivity contribution >= 4 is 28.9 Å². The van der Waals surface area contributed by atoms with Gasteiger partial charge >= 0.3 is 0 Å². The van der Waals surface area contributed by atoms with Crippen LogP contribution in [0, 0.1) is 5.41 Å². The highest BCUT2D eigenvalue weighted by Crippen LogP contribution is 2.43. The van der Waals surface area contributed by atoms with Gasteiger partial charge in [0.2, 0.25) is 5.91 Å². The Kier molecular flexibility index (Phi) is 4.55. The van der Waals surface area contributed by atoms with Gasteiger partial charge in [-0.25, -0.2) is 0 Å². The average Bonchev–Trinajstić information content (AvgIpc) is 2.33. The second-order valence-corrected chi connectivity index (χ2v) is 6.25. The predicted octanol–water partition coefficient (Wildman–Crippen LogP) is 2.86. The van der Waals surface area contributed by atoms with Gasteiger partial charge in [-0.15, -0.1) is 0 Å². The molecule has 0 heterocycles. The first-order chi connectivity index (χ1) is 9.46. The maximum atomic E-state index is 12.1. The van der Waals surface area contributed by atoms with E-state index in [1.165, 1.54) is 6.42 Å². The van der Waals surface area contributed by atoms with Crippen LogP contribution in [-0.2, 0) is 4.79 Å². The Hall–Kier alpha value is -1.26. The number of nitrogens with zero attached hydrogens (tertiary/aromatic N) is 1. The molecule has 0 atom stereocenters. The fourth-order valence-electron chi connectivity index (χ4n) is 2.62. The smallest absolute Gasteiger partial charge is 0.224 e. The molecule has 1 aromatic rings. The molecule has 0 unspecified atom stereocenters. The van der Waals surface area contributed by atoms with E-state index in [-0.39, 0.29) is 11.3 Å². The molecular formula is C15H22ClN3O. The first kappa shape index (κ1) is 15.1. The number of rotatable bonds is 5. The second kappa shape index (κ2) is 6.02. The molecule has 110 valence electrons. The van der Waals surface area contributed by atoms with Gasteiger partial charge in [-0.2, -0.15) is 0 Å². The molecule has 1 saturated carbocycles. The highest BCUT2D eigenvalue weighted by molar-refractivity contribution is 6.33. The van der Waals surface area contributed by atoms with E-state index in [9.17, 15) is 4.79 Å². The third kappa shape index (κ3) is 3.25. The average molecular weight is 296 g/mol. The Morgan fingerprint density at radius 1 is 1.45 bits per heavy atom.